The number of hydrogen-bond donors (Lipinski definition) is 0. The Balaban J connectivity index is 1.68. The van der Waals surface area contributed by atoms with Gasteiger partial charge < -0.3 is 14.0 Å². The van der Waals surface area contributed by atoms with Gasteiger partial charge in [-0.15, -0.1) is 0 Å². The van der Waals surface area contributed by atoms with Gasteiger partial charge in [0.15, 0.2) is 15.8 Å². The first kappa shape index (κ1) is 14.3. The van der Waals surface area contributed by atoms with Crippen LogP contribution in [-0.4, -0.2) is 21.6 Å². The number of fused-ring (bicyclic) bond motifs is 1. The van der Waals surface area contributed by atoms with Crippen molar-refractivity contribution in [3.05, 3.63) is 47.1 Å². The Morgan fingerprint density at radius 3 is 2.87 bits per heavy atom. The molecule has 0 aliphatic carbocycles. The number of nitrogens with zero attached hydrogens (tertiary/aromatic N) is 2. The normalized spacial score (nSPS) is 18.3. The second-order valence-corrected chi connectivity index (χ2v) is 6.77. The molecule has 0 atom stereocenters. The molecule has 1 aromatic heterocycles. The maximum atomic E-state index is 12.7. The van der Waals surface area contributed by atoms with E-state index in [2.05, 4.69) is 0 Å². The van der Waals surface area contributed by atoms with Crippen molar-refractivity contribution in [1.29, 1.82) is 0 Å². The molecule has 2 aliphatic heterocycles. The van der Waals surface area contributed by atoms with E-state index in [0.29, 0.717) is 26.4 Å². The predicted molar refractivity (Wildman–Crippen MR) is 93.6 cm³/mol. The standard InChI is InChI=1S/C16H12N2O3S2/c1-17-6-2-3-10(17)8-14-15(19)18(16(22)23-14)11-4-5-12-13(7-11)21-9-20-12/h2-8H,9H2,1H3. The van der Waals surface area contributed by atoms with Gasteiger partial charge in [-0.1, -0.05) is 24.0 Å². The van der Waals surface area contributed by atoms with E-state index in [1.807, 2.05) is 42.1 Å². The molecule has 0 spiro atoms. The van der Waals surface area contributed by atoms with Crippen LogP contribution in [-0.2, 0) is 11.8 Å². The lowest BCUT2D eigenvalue weighted by Gasteiger charge is -2.14. The largest absolute Gasteiger partial charge is 0.454 e. The number of benzene rings is 1. The Hall–Kier alpha value is -2.25. The molecule has 4 rings (SSSR count). The molecule has 2 aromatic rings. The average Bonchev–Trinajstić information content (AvgIpc) is 3.21. The van der Waals surface area contributed by atoms with Crippen LogP contribution >= 0.6 is 24.0 Å². The van der Waals surface area contributed by atoms with E-state index in [4.69, 9.17) is 21.7 Å². The Labute approximate surface area is 142 Å². The van der Waals surface area contributed by atoms with Gasteiger partial charge in [-0.3, -0.25) is 9.69 Å². The van der Waals surface area contributed by atoms with Crippen LogP contribution in [0.2, 0.25) is 0 Å². The number of aromatic nitrogens is 1. The number of amides is 1. The third kappa shape index (κ3) is 2.42. The fraction of sp³-hybridized carbons (Fsp3) is 0.125. The summed E-state index contributed by atoms with van der Waals surface area (Å²) in [7, 11) is 1.93. The van der Waals surface area contributed by atoms with Gasteiger partial charge in [-0.2, -0.15) is 0 Å². The molecule has 3 heterocycles. The summed E-state index contributed by atoms with van der Waals surface area (Å²) in [5.74, 6) is 1.18. The van der Waals surface area contributed by atoms with E-state index >= 15 is 0 Å². The maximum Gasteiger partial charge on any atom is 0.270 e. The van der Waals surface area contributed by atoms with Gasteiger partial charge in [0.2, 0.25) is 6.79 Å². The van der Waals surface area contributed by atoms with Gasteiger partial charge in [0, 0.05) is 25.0 Å². The Bertz CT molecular complexity index is 857. The molecule has 0 radical (unpaired) electrons. The van der Waals surface area contributed by atoms with Crippen molar-refractivity contribution in [2.45, 2.75) is 0 Å². The van der Waals surface area contributed by atoms with Gasteiger partial charge >= 0.3 is 0 Å². The molecule has 116 valence electrons. The quantitative estimate of drug-likeness (QED) is 0.618. The molecular formula is C16H12N2O3S2. The van der Waals surface area contributed by atoms with E-state index < -0.39 is 0 Å². The highest BCUT2D eigenvalue weighted by Crippen LogP contribution is 2.40. The fourth-order valence-corrected chi connectivity index (χ4v) is 3.76. The lowest BCUT2D eigenvalue weighted by Crippen LogP contribution is -2.27. The number of aryl methyl sites for hydroxylation is 1. The third-order valence-corrected chi connectivity index (χ3v) is 4.97. The number of rotatable bonds is 2. The number of hydrogen-bond acceptors (Lipinski definition) is 5. The number of thiocarbonyl (C=S) groups is 1. The molecule has 23 heavy (non-hydrogen) atoms. The molecule has 7 heteroatoms. The predicted octanol–water partition coefficient (Wildman–Crippen LogP) is 3.16. The van der Waals surface area contributed by atoms with Crippen LogP contribution in [0.3, 0.4) is 0 Å². The van der Waals surface area contributed by atoms with Crippen LogP contribution in [0.5, 0.6) is 11.5 Å². The SMILES string of the molecule is Cn1cccc1C=C1SC(=S)N(c2ccc3c(c2)OCO3)C1=O. The number of carbonyl (C=O) groups is 1. The van der Waals surface area contributed by atoms with Crippen LogP contribution in [0.1, 0.15) is 5.69 Å². The summed E-state index contributed by atoms with van der Waals surface area (Å²) in [5, 5.41) is 0. The fourth-order valence-electron chi connectivity index (χ4n) is 2.47. The molecule has 2 aliphatic rings. The molecule has 5 nitrogen and oxygen atoms in total. The number of ether oxygens (including phenoxy) is 2. The third-order valence-electron chi connectivity index (χ3n) is 3.67. The van der Waals surface area contributed by atoms with Gasteiger partial charge in [0.05, 0.1) is 10.6 Å². The number of carbonyl (C=O) groups excluding carboxylic acids is 1. The highest BCUT2D eigenvalue weighted by atomic mass is 32.2. The summed E-state index contributed by atoms with van der Waals surface area (Å²) in [6, 6.07) is 9.26. The molecule has 1 aromatic carbocycles. The molecule has 1 amide bonds. The summed E-state index contributed by atoms with van der Waals surface area (Å²) in [6.07, 6.45) is 3.79. The van der Waals surface area contributed by atoms with Crippen molar-refractivity contribution in [2.75, 3.05) is 11.7 Å². The molecule has 1 fully saturated rings. The van der Waals surface area contributed by atoms with Crippen LogP contribution in [0, 0.1) is 0 Å². The monoisotopic (exact) mass is 344 g/mol. The Morgan fingerprint density at radius 1 is 1.26 bits per heavy atom. The first-order valence-electron chi connectivity index (χ1n) is 6.92. The van der Waals surface area contributed by atoms with Crippen molar-refractivity contribution in [1.82, 2.24) is 4.57 Å². The van der Waals surface area contributed by atoms with Crippen LogP contribution in [0.25, 0.3) is 6.08 Å². The topological polar surface area (TPSA) is 43.7 Å². The summed E-state index contributed by atoms with van der Waals surface area (Å²) in [4.78, 5) is 14.9. The van der Waals surface area contributed by atoms with E-state index in [-0.39, 0.29) is 12.7 Å². The minimum Gasteiger partial charge on any atom is -0.454 e. The smallest absolute Gasteiger partial charge is 0.270 e. The summed E-state index contributed by atoms with van der Waals surface area (Å²) in [6.45, 7) is 0.199. The van der Waals surface area contributed by atoms with Gasteiger partial charge in [0.1, 0.15) is 0 Å². The lowest BCUT2D eigenvalue weighted by molar-refractivity contribution is -0.113. The van der Waals surface area contributed by atoms with E-state index in [1.165, 1.54) is 16.7 Å². The van der Waals surface area contributed by atoms with E-state index in [1.54, 1.807) is 12.1 Å². The minimum absolute atomic E-state index is 0.125. The van der Waals surface area contributed by atoms with Crippen molar-refractivity contribution >= 4 is 46.0 Å². The Morgan fingerprint density at radius 2 is 2.09 bits per heavy atom. The lowest BCUT2D eigenvalue weighted by atomic mass is 10.2. The zero-order valence-electron chi connectivity index (χ0n) is 12.2. The van der Waals surface area contributed by atoms with Crippen LogP contribution < -0.4 is 14.4 Å². The minimum atomic E-state index is -0.125. The highest BCUT2D eigenvalue weighted by molar-refractivity contribution is 8.27. The number of thioether (sulfide) groups is 1. The second-order valence-electron chi connectivity index (χ2n) is 5.10. The van der Waals surface area contributed by atoms with Crippen LogP contribution in [0.15, 0.2) is 41.4 Å². The van der Waals surface area contributed by atoms with E-state index in [9.17, 15) is 4.79 Å². The second kappa shape index (κ2) is 5.43. The van der Waals surface area contributed by atoms with Gasteiger partial charge in [-0.25, -0.2) is 0 Å². The van der Waals surface area contributed by atoms with Gasteiger partial charge in [0.25, 0.3) is 5.91 Å². The van der Waals surface area contributed by atoms with Crippen molar-refractivity contribution in [2.24, 2.45) is 7.05 Å². The zero-order valence-corrected chi connectivity index (χ0v) is 13.8. The van der Waals surface area contributed by atoms with Crippen molar-refractivity contribution in [3.63, 3.8) is 0 Å². The molecule has 0 bridgehead atoms. The average molecular weight is 344 g/mol. The van der Waals surface area contributed by atoms with Crippen LogP contribution in [0.4, 0.5) is 5.69 Å². The zero-order chi connectivity index (χ0) is 16.0. The molecule has 0 unspecified atom stereocenters. The maximum absolute atomic E-state index is 12.7. The molecule has 1 saturated heterocycles. The summed E-state index contributed by atoms with van der Waals surface area (Å²) < 4.78 is 13.1. The summed E-state index contributed by atoms with van der Waals surface area (Å²) >= 11 is 6.68. The van der Waals surface area contributed by atoms with E-state index in [0.717, 1.165) is 5.69 Å². The first-order valence-corrected chi connectivity index (χ1v) is 8.15. The number of anilines is 1. The van der Waals surface area contributed by atoms with Crippen molar-refractivity contribution in [3.8, 4) is 11.5 Å². The Kier molecular flexibility index (Phi) is 3.39. The summed E-state index contributed by atoms with van der Waals surface area (Å²) in [5.41, 5.74) is 1.64. The molecular weight excluding hydrogens is 332 g/mol. The highest BCUT2D eigenvalue weighted by Gasteiger charge is 2.34. The first-order chi connectivity index (χ1) is 11.1. The molecule has 0 saturated carbocycles. The van der Waals surface area contributed by atoms with Crippen molar-refractivity contribution < 1.29 is 14.3 Å². The van der Waals surface area contributed by atoms with Gasteiger partial charge in [-0.05, 0) is 30.3 Å². The molecule has 0 N–H and O–H groups in total.